The van der Waals surface area contributed by atoms with Gasteiger partial charge in [0.2, 0.25) is 0 Å². The van der Waals surface area contributed by atoms with E-state index in [2.05, 4.69) is 19.2 Å². The minimum absolute atomic E-state index is 0.115. The van der Waals surface area contributed by atoms with Crippen molar-refractivity contribution in [3.8, 4) is 0 Å². The van der Waals surface area contributed by atoms with Crippen LogP contribution in [0.5, 0.6) is 0 Å². The lowest BCUT2D eigenvalue weighted by atomic mass is 9.64. The zero-order valence-corrected chi connectivity index (χ0v) is 12.4. The van der Waals surface area contributed by atoms with Crippen LogP contribution in [0.3, 0.4) is 0 Å². The molecule has 0 saturated heterocycles. The summed E-state index contributed by atoms with van der Waals surface area (Å²) in [6.45, 7) is 11.1. The van der Waals surface area contributed by atoms with E-state index in [1.165, 1.54) is 7.11 Å². The van der Waals surface area contributed by atoms with Gasteiger partial charge in [-0.3, -0.25) is 4.79 Å². The second-order valence-corrected chi connectivity index (χ2v) is 5.82. The Morgan fingerprint density at radius 3 is 2.50 bits per heavy atom. The van der Waals surface area contributed by atoms with Gasteiger partial charge >= 0.3 is 5.97 Å². The van der Waals surface area contributed by atoms with Gasteiger partial charge in [0.05, 0.1) is 19.1 Å². The van der Waals surface area contributed by atoms with Crippen LogP contribution in [0.2, 0.25) is 0 Å². The average Bonchev–Trinajstić information content (AvgIpc) is 2.35. The second-order valence-electron chi connectivity index (χ2n) is 5.82. The molecular weight excluding hydrogens is 230 g/mol. The van der Waals surface area contributed by atoms with Crippen LogP contribution in [-0.4, -0.2) is 37.9 Å². The van der Waals surface area contributed by atoms with E-state index in [0.29, 0.717) is 12.1 Å². The number of carbonyl (C=O) groups is 1. The molecule has 0 spiro atoms. The van der Waals surface area contributed by atoms with Crippen molar-refractivity contribution >= 4 is 5.97 Å². The zero-order chi connectivity index (χ0) is 13.9. The molecule has 0 amide bonds. The van der Waals surface area contributed by atoms with Crippen LogP contribution in [0.25, 0.3) is 0 Å². The van der Waals surface area contributed by atoms with Gasteiger partial charge in [-0.2, -0.15) is 0 Å². The topological polar surface area (TPSA) is 47.6 Å². The van der Waals surface area contributed by atoms with E-state index in [4.69, 9.17) is 9.47 Å². The van der Waals surface area contributed by atoms with Crippen LogP contribution < -0.4 is 5.32 Å². The molecule has 1 fully saturated rings. The first-order valence-electron chi connectivity index (χ1n) is 6.80. The molecule has 1 N–H and O–H groups in total. The number of ether oxygens (including phenoxy) is 2. The molecule has 0 aromatic carbocycles. The Balaban J connectivity index is 2.47. The summed E-state index contributed by atoms with van der Waals surface area (Å²) in [5, 5.41) is 3.53. The maximum absolute atomic E-state index is 11.5. The molecule has 4 heteroatoms. The Labute approximate surface area is 110 Å². The highest BCUT2D eigenvalue weighted by atomic mass is 16.5. The first-order chi connectivity index (χ1) is 8.34. The van der Waals surface area contributed by atoms with E-state index in [1.54, 1.807) is 0 Å². The summed E-state index contributed by atoms with van der Waals surface area (Å²) >= 11 is 0. The molecule has 1 aliphatic carbocycles. The summed E-state index contributed by atoms with van der Waals surface area (Å²) in [5.41, 5.74) is 0.125. The van der Waals surface area contributed by atoms with Gasteiger partial charge in [0.25, 0.3) is 0 Å². The monoisotopic (exact) mass is 257 g/mol. The molecule has 0 bridgehead atoms. The van der Waals surface area contributed by atoms with Gasteiger partial charge in [0.15, 0.2) is 0 Å². The van der Waals surface area contributed by atoms with Gasteiger partial charge in [-0.05, 0) is 20.3 Å². The number of nitrogens with one attached hydrogen (secondary N) is 1. The Morgan fingerprint density at radius 1 is 1.44 bits per heavy atom. The molecule has 0 aromatic rings. The molecule has 0 radical (unpaired) electrons. The van der Waals surface area contributed by atoms with E-state index in [1.807, 2.05) is 20.8 Å². The summed E-state index contributed by atoms with van der Waals surface area (Å²) in [5.74, 6) is -0.287. The first-order valence-corrected chi connectivity index (χ1v) is 6.80. The highest BCUT2D eigenvalue weighted by Gasteiger charge is 2.49. The van der Waals surface area contributed by atoms with Crippen LogP contribution in [0.15, 0.2) is 0 Å². The molecule has 18 heavy (non-hydrogen) atoms. The Bertz CT molecular complexity index is 291. The fourth-order valence-electron chi connectivity index (χ4n) is 2.50. The van der Waals surface area contributed by atoms with Gasteiger partial charge in [0, 0.05) is 24.1 Å². The van der Waals surface area contributed by atoms with Crippen molar-refractivity contribution in [3.05, 3.63) is 0 Å². The molecule has 1 saturated carbocycles. The number of methoxy groups -OCH3 is 1. The molecule has 0 heterocycles. The molecule has 1 aliphatic rings. The second kappa shape index (κ2) is 6.02. The Kier molecular flexibility index (Phi) is 5.17. The maximum Gasteiger partial charge on any atom is 0.309 e. The molecule has 4 atom stereocenters. The van der Waals surface area contributed by atoms with Crippen molar-refractivity contribution in [2.24, 2.45) is 11.3 Å². The molecular formula is C14H27NO3. The molecule has 4 nitrogen and oxygen atoms in total. The van der Waals surface area contributed by atoms with E-state index in [0.717, 1.165) is 13.0 Å². The van der Waals surface area contributed by atoms with Crippen molar-refractivity contribution < 1.29 is 14.3 Å². The van der Waals surface area contributed by atoms with Crippen molar-refractivity contribution in [1.29, 1.82) is 0 Å². The number of rotatable bonds is 6. The smallest absolute Gasteiger partial charge is 0.309 e. The normalized spacial score (nSPS) is 29.2. The van der Waals surface area contributed by atoms with Crippen molar-refractivity contribution in [3.63, 3.8) is 0 Å². The largest absolute Gasteiger partial charge is 0.469 e. The number of hydrogen-bond acceptors (Lipinski definition) is 4. The third-order valence-corrected chi connectivity index (χ3v) is 4.33. The van der Waals surface area contributed by atoms with Crippen molar-refractivity contribution in [1.82, 2.24) is 5.32 Å². The summed E-state index contributed by atoms with van der Waals surface area (Å²) in [7, 11) is 1.43. The lowest BCUT2D eigenvalue weighted by molar-refractivity contribution is -0.147. The molecule has 1 rings (SSSR count). The highest BCUT2D eigenvalue weighted by Crippen LogP contribution is 2.43. The van der Waals surface area contributed by atoms with E-state index >= 15 is 0 Å². The summed E-state index contributed by atoms with van der Waals surface area (Å²) in [6, 6.07) is 0.514. The number of hydrogen-bond donors (Lipinski definition) is 1. The van der Waals surface area contributed by atoms with Gasteiger partial charge in [0.1, 0.15) is 0 Å². The van der Waals surface area contributed by atoms with Crippen LogP contribution in [0, 0.1) is 11.3 Å². The van der Waals surface area contributed by atoms with Gasteiger partial charge in [-0.25, -0.2) is 0 Å². The minimum Gasteiger partial charge on any atom is -0.469 e. The van der Waals surface area contributed by atoms with Crippen LogP contribution >= 0.6 is 0 Å². The summed E-state index contributed by atoms with van der Waals surface area (Å²) < 4.78 is 10.5. The zero-order valence-electron chi connectivity index (χ0n) is 12.4. The van der Waals surface area contributed by atoms with Gasteiger partial charge < -0.3 is 14.8 Å². The van der Waals surface area contributed by atoms with E-state index in [-0.39, 0.29) is 23.3 Å². The van der Waals surface area contributed by atoms with Gasteiger partial charge in [-0.1, -0.05) is 20.8 Å². The summed E-state index contributed by atoms with van der Waals surface area (Å²) in [4.78, 5) is 11.5. The fourth-order valence-corrected chi connectivity index (χ4v) is 2.50. The van der Waals surface area contributed by atoms with E-state index in [9.17, 15) is 4.79 Å². The van der Waals surface area contributed by atoms with E-state index < -0.39 is 0 Å². The number of esters is 1. The SMILES string of the molecule is CCOC1CC(NC(C)C(C)C(=O)OC)C1(C)C. The third kappa shape index (κ3) is 3.04. The quantitative estimate of drug-likeness (QED) is 0.739. The highest BCUT2D eigenvalue weighted by molar-refractivity contribution is 5.72. The van der Waals surface area contributed by atoms with Crippen molar-refractivity contribution in [2.45, 2.75) is 59.2 Å². The fraction of sp³-hybridized carbons (Fsp3) is 0.929. The predicted octanol–water partition coefficient (Wildman–Crippen LogP) is 1.98. The molecule has 4 unspecified atom stereocenters. The predicted molar refractivity (Wildman–Crippen MR) is 71.4 cm³/mol. The lowest BCUT2D eigenvalue weighted by Crippen LogP contribution is -2.63. The van der Waals surface area contributed by atoms with Crippen molar-refractivity contribution in [2.75, 3.05) is 13.7 Å². The first kappa shape index (κ1) is 15.4. The average molecular weight is 257 g/mol. The Morgan fingerprint density at radius 2 is 2.06 bits per heavy atom. The van der Waals surface area contributed by atoms with Crippen LogP contribution in [-0.2, 0) is 14.3 Å². The standard InChI is InChI=1S/C14H27NO3/c1-7-18-12-8-11(14(12,4)5)15-10(3)9(2)13(16)17-6/h9-12,15H,7-8H2,1-6H3. The van der Waals surface area contributed by atoms with Gasteiger partial charge in [-0.15, -0.1) is 0 Å². The molecule has 0 aromatic heterocycles. The minimum atomic E-state index is -0.159. The molecule has 106 valence electrons. The summed E-state index contributed by atoms with van der Waals surface area (Å²) in [6.07, 6.45) is 1.33. The maximum atomic E-state index is 11.5. The lowest BCUT2D eigenvalue weighted by Gasteiger charge is -2.53. The van der Waals surface area contributed by atoms with Crippen LogP contribution in [0.4, 0.5) is 0 Å². The third-order valence-electron chi connectivity index (χ3n) is 4.33. The molecule has 0 aliphatic heterocycles. The van der Waals surface area contributed by atoms with Crippen LogP contribution in [0.1, 0.15) is 41.0 Å². The number of carbonyl (C=O) groups excluding carboxylic acids is 1. The Hall–Kier alpha value is -0.610.